The lowest BCUT2D eigenvalue weighted by Gasteiger charge is -2.13. The number of aliphatic hydroxyl groups excluding tert-OH is 1. The van der Waals surface area contributed by atoms with Crippen LogP contribution < -0.4 is 4.74 Å². The minimum Gasteiger partial charge on any atom is -0.488 e. The highest BCUT2D eigenvalue weighted by Gasteiger charge is 2.10. The second kappa shape index (κ2) is 6.04. The Morgan fingerprint density at radius 1 is 1.21 bits per heavy atom. The molecule has 0 spiro atoms. The Balaban J connectivity index is 2.14. The number of aliphatic hydroxyl groups is 1. The van der Waals surface area contributed by atoms with Gasteiger partial charge in [0, 0.05) is 16.7 Å². The second-order valence-electron chi connectivity index (χ2n) is 4.27. The van der Waals surface area contributed by atoms with Gasteiger partial charge in [-0.2, -0.15) is 0 Å². The molecule has 2 nitrogen and oxygen atoms in total. The van der Waals surface area contributed by atoms with Crippen LogP contribution in [0.25, 0.3) is 0 Å². The van der Waals surface area contributed by atoms with Gasteiger partial charge >= 0.3 is 0 Å². The van der Waals surface area contributed by atoms with Crippen LogP contribution in [0.3, 0.4) is 0 Å². The Bertz CT molecular complexity index is 553. The summed E-state index contributed by atoms with van der Waals surface area (Å²) >= 11 is 5.79. The topological polar surface area (TPSA) is 29.5 Å². The van der Waals surface area contributed by atoms with Gasteiger partial charge in [-0.1, -0.05) is 23.7 Å². The first-order valence-corrected chi connectivity index (χ1v) is 6.29. The van der Waals surface area contributed by atoms with Crippen LogP contribution >= 0.6 is 11.6 Å². The van der Waals surface area contributed by atoms with Gasteiger partial charge in [-0.25, -0.2) is 4.39 Å². The first-order chi connectivity index (χ1) is 9.06. The van der Waals surface area contributed by atoms with E-state index < -0.39 is 11.9 Å². The molecule has 1 atom stereocenters. The normalized spacial score (nSPS) is 12.2. The molecule has 0 aromatic heterocycles. The van der Waals surface area contributed by atoms with Crippen molar-refractivity contribution >= 4 is 11.6 Å². The van der Waals surface area contributed by atoms with Crippen molar-refractivity contribution in [1.82, 2.24) is 0 Å². The van der Waals surface area contributed by atoms with E-state index >= 15 is 0 Å². The van der Waals surface area contributed by atoms with Gasteiger partial charge in [0.15, 0.2) is 0 Å². The lowest BCUT2D eigenvalue weighted by Crippen LogP contribution is -2.01. The van der Waals surface area contributed by atoms with E-state index in [1.165, 1.54) is 18.2 Å². The van der Waals surface area contributed by atoms with Crippen molar-refractivity contribution in [3.8, 4) is 5.75 Å². The molecule has 0 unspecified atom stereocenters. The molecule has 0 amide bonds. The van der Waals surface area contributed by atoms with Crippen LogP contribution in [0.4, 0.5) is 4.39 Å². The molecular weight excluding hydrogens is 267 g/mol. The van der Waals surface area contributed by atoms with Crippen LogP contribution in [-0.4, -0.2) is 5.11 Å². The van der Waals surface area contributed by atoms with Crippen LogP contribution in [-0.2, 0) is 6.61 Å². The Kier molecular flexibility index (Phi) is 4.40. The van der Waals surface area contributed by atoms with E-state index in [1.807, 2.05) is 12.1 Å². The minimum atomic E-state index is -0.708. The lowest BCUT2D eigenvalue weighted by molar-refractivity contribution is 0.190. The molecule has 0 bridgehead atoms. The molecule has 0 aliphatic heterocycles. The van der Waals surface area contributed by atoms with E-state index in [9.17, 15) is 9.50 Å². The van der Waals surface area contributed by atoms with E-state index in [2.05, 4.69) is 0 Å². The zero-order valence-electron chi connectivity index (χ0n) is 10.4. The molecular formula is C15H14ClFO2. The van der Waals surface area contributed by atoms with E-state index in [-0.39, 0.29) is 0 Å². The molecule has 0 heterocycles. The Morgan fingerprint density at radius 2 is 1.89 bits per heavy atom. The fourth-order valence-electron chi connectivity index (χ4n) is 1.72. The molecule has 100 valence electrons. The van der Waals surface area contributed by atoms with Crippen LogP contribution in [0.15, 0.2) is 42.5 Å². The molecule has 1 N–H and O–H groups in total. The number of halogens is 2. The standard InChI is InChI=1S/C15H14ClFO2/c1-10(18)14-7-6-13(17)8-15(14)19-9-11-2-4-12(16)5-3-11/h2-8,10,18H,9H2,1H3/t10-/m1/s1. The molecule has 2 aromatic carbocycles. The summed E-state index contributed by atoms with van der Waals surface area (Å²) in [5.74, 6) is -0.0412. The Morgan fingerprint density at radius 3 is 2.53 bits per heavy atom. The fourth-order valence-corrected chi connectivity index (χ4v) is 1.85. The number of rotatable bonds is 4. The van der Waals surface area contributed by atoms with Gasteiger partial charge in [0.25, 0.3) is 0 Å². The average molecular weight is 281 g/mol. The molecule has 2 aromatic rings. The zero-order chi connectivity index (χ0) is 13.8. The third kappa shape index (κ3) is 3.69. The predicted molar refractivity (Wildman–Crippen MR) is 72.8 cm³/mol. The van der Waals surface area contributed by atoms with Crippen LogP contribution in [0.2, 0.25) is 5.02 Å². The zero-order valence-corrected chi connectivity index (χ0v) is 11.2. The van der Waals surface area contributed by atoms with Crippen molar-refractivity contribution in [2.75, 3.05) is 0 Å². The molecule has 0 saturated carbocycles. The third-order valence-electron chi connectivity index (χ3n) is 2.73. The van der Waals surface area contributed by atoms with Crippen LogP contribution in [0.1, 0.15) is 24.2 Å². The number of benzene rings is 2. The smallest absolute Gasteiger partial charge is 0.128 e. The fraction of sp³-hybridized carbons (Fsp3) is 0.200. The van der Waals surface area contributed by atoms with Crippen molar-refractivity contribution in [3.63, 3.8) is 0 Å². The van der Waals surface area contributed by atoms with Gasteiger partial charge in [0.05, 0.1) is 6.10 Å². The SMILES string of the molecule is C[C@@H](O)c1ccc(F)cc1OCc1ccc(Cl)cc1. The van der Waals surface area contributed by atoms with Gasteiger partial charge in [-0.15, -0.1) is 0 Å². The summed E-state index contributed by atoms with van der Waals surface area (Å²) in [6.07, 6.45) is -0.708. The maximum atomic E-state index is 13.2. The van der Waals surface area contributed by atoms with E-state index in [0.29, 0.717) is 22.9 Å². The summed E-state index contributed by atoms with van der Waals surface area (Å²) in [5, 5.41) is 10.3. The van der Waals surface area contributed by atoms with Gasteiger partial charge in [-0.05, 0) is 36.8 Å². The molecule has 4 heteroatoms. The van der Waals surface area contributed by atoms with Gasteiger partial charge in [0.1, 0.15) is 18.2 Å². The van der Waals surface area contributed by atoms with Gasteiger partial charge in [0.2, 0.25) is 0 Å². The average Bonchev–Trinajstić information content (AvgIpc) is 2.38. The van der Waals surface area contributed by atoms with Crippen molar-refractivity contribution in [2.45, 2.75) is 19.6 Å². The van der Waals surface area contributed by atoms with Gasteiger partial charge in [-0.3, -0.25) is 0 Å². The molecule has 0 aliphatic rings. The minimum absolute atomic E-state index is 0.292. The van der Waals surface area contributed by atoms with Crippen molar-refractivity contribution in [1.29, 1.82) is 0 Å². The van der Waals surface area contributed by atoms with E-state index in [1.54, 1.807) is 19.1 Å². The molecule has 0 aliphatic carbocycles. The summed E-state index contributed by atoms with van der Waals surface area (Å²) in [5.41, 5.74) is 1.49. The number of ether oxygens (including phenoxy) is 1. The summed E-state index contributed by atoms with van der Waals surface area (Å²) < 4.78 is 18.8. The summed E-state index contributed by atoms with van der Waals surface area (Å²) in [6, 6.07) is 11.3. The van der Waals surface area contributed by atoms with E-state index in [4.69, 9.17) is 16.3 Å². The predicted octanol–water partition coefficient (Wildman–Crippen LogP) is 4.11. The quantitative estimate of drug-likeness (QED) is 0.913. The summed E-state index contributed by atoms with van der Waals surface area (Å²) in [6.45, 7) is 1.91. The maximum Gasteiger partial charge on any atom is 0.128 e. The van der Waals surface area contributed by atoms with Crippen LogP contribution in [0, 0.1) is 5.82 Å². The number of hydrogen-bond donors (Lipinski definition) is 1. The molecule has 0 fully saturated rings. The molecule has 2 rings (SSSR count). The highest BCUT2D eigenvalue weighted by atomic mass is 35.5. The summed E-state index contributed by atoms with van der Waals surface area (Å²) in [4.78, 5) is 0. The van der Waals surface area contributed by atoms with Gasteiger partial charge < -0.3 is 9.84 Å². The molecule has 0 radical (unpaired) electrons. The van der Waals surface area contributed by atoms with Crippen molar-refractivity contribution in [3.05, 3.63) is 64.4 Å². The Labute approximate surface area is 116 Å². The highest BCUT2D eigenvalue weighted by molar-refractivity contribution is 6.30. The third-order valence-corrected chi connectivity index (χ3v) is 2.99. The molecule has 0 saturated heterocycles. The van der Waals surface area contributed by atoms with E-state index in [0.717, 1.165) is 5.56 Å². The highest BCUT2D eigenvalue weighted by Crippen LogP contribution is 2.26. The summed E-state index contributed by atoms with van der Waals surface area (Å²) in [7, 11) is 0. The first-order valence-electron chi connectivity index (χ1n) is 5.91. The van der Waals surface area contributed by atoms with Crippen molar-refractivity contribution < 1.29 is 14.2 Å². The lowest BCUT2D eigenvalue weighted by atomic mass is 10.1. The first kappa shape index (κ1) is 13.8. The monoisotopic (exact) mass is 280 g/mol. The Hall–Kier alpha value is -1.58. The van der Waals surface area contributed by atoms with Crippen molar-refractivity contribution in [2.24, 2.45) is 0 Å². The molecule has 19 heavy (non-hydrogen) atoms. The van der Waals surface area contributed by atoms with Crippen LogP contribution in [0.5, 0.6) is 5.75 Å². The largest absolute Gasteiger partial charge is 0.488 e. The number of hydrogen-bond acceptors (Lipinski definition) is 2. The second-order valence-corrected chi connectivity index (χ2v) is 4.71. The maximum absolute atomic E-state index is 13.2.